The Labute approximate surface area is 183 Å². The number of carbonyl (C=O) groups is 2. The van der Waals surface area contributed by atoms with Gasteiger partial charge in [-0.15, -0.1) is 0 Å². The summed E-state index contributed by atoms with van der Waals surface area (Å²) < 4.78 is 6.42. The third kappa shape index (κ3) is 4.15. The van der Waals surface area contributed by atoms with Gasteiger partial charge in [-0.3, -0.25) is 14.4 Å². The van der Waals surface area contributed by atoms with Crippen molar-refractivity contribution < 1.29 is 14.3 Å². The van der Waals surface area contributed by atoms with Crippen molar-refractivity contribution in [2.24, 2.45) is 0 Å². The van der Waals surface area contributed by atoms with E-state index >= 15 is 0 Å². The average Bonchev–Trinajstić information content (AvgIpc) is 3.15. The maximum atomic E-state index is 12.7. The Morgan fingerprint density at radius 3 is 2.56 bits per heavy atom. The Hall–Kier alpha value is -4.20. The maximum Gasteiger partial charge on any atom is 0.292 e. The zero-order valence-corrected chi connectivity index (χ0v) is 17.7. The van der Waals surface area contributed by atoms with Crippen molar-refractivity contribution in [2.75, 3.05) is 13.7 Å². The van der Waals surface area contributed by atoms with E-state index < -0.39 is 11.7 Å². The van der Waals surface area contributed by atoms with Crippen LogP contribution in [0.4, 0.5) is 0 Å². The number of hydrogen-bond acceptors (Lipinski definition) is 5. The van der Waals surface area contributed by atoms with Crippen LogP contribution in [0.3, 0.4) is 0 Å². The van der Waals surface area contributed by atoms with Crippen molar-refractivity contribution in [1.82, 2.24) is 20.1 Å². The Kier molecular flexibility index (Phi) is 5.85. The molecule has 8 heteroatoms. The van der Waals surface area contributed by atoms with Crippen LogP contribution in [0.1, 0.15) is 16.1 Å². The average molecular weight is 430 g/mol. The van der Waals surface area contributed by atoms with E-state index in [1.54, 1.807) is 26.2 Å². The van der Waals surface area contributed by atoms with Crippen molar-refractivity contribution in [1.29, 1.82) is 0 Å². The van der Waals surface area contributed by atoms with Gasteiger partial charge in [-0.2, -0.15) is 5.10 Å². The Morgan fingerprint density at radius 1 is 1.06 bits per heavy atom. The molecule has 0 aliphatic carbocycles. The molecular formula is C24H22N4O4. The van der Waals surface area contributed by atoms with E-state index in [1.165, 1.54) is 10.7 Å². The Balaban J connectivity index is 1.44. The fourth-order valence-corrected chi connectivity index (χ4v) is 3.56. The fourth-order valence-electron chi connectivity index (χ4n) is 3.56. The minimum atomic E-state index is -0.725. The Bertz CT molecular complexity index is 1350. The Morgan fingerprint density at radius 2 is 1.81 bits per heavy atom. The summed E-state index contributed by atoms with van der Waals surface area (Å²) in [6.07, 6.45) is 0. The summed E-state index contributed by atoms with van der Waals surface area (Å²) in [5.41, 5.74) is 2.94. The van der Waals surface area contributed by atoms with Crippen LogP contribution >= 0.6 is 0 Å². The molecule has 8 nitrogen and oxygen atoms in total. The van der Waals surface area contributed by atoms with Crippen molar-refractivity contribution in [3.05, 3.63) is 82.3 Å². The predicted octanol–water partition coefficient (Wildman–Crippen LogP) is 2.71. The number of rotatable bonds is 7. The number of nitrogens with zero attached hydrogens (tertiary/aromatic N) is 2. The molecule has 1 amide bonds. The number of H-pyrrole nitrogens is 1. The maximum absolute atomic E-state index is 12.7. The van der Waals surface area contributed by atoms with E-state index in [2.05, 4.69) is 15.4 Å². The van der Waals surface area contributed by atoms with Crippen LogP contribution < -0.4 is 15.6 Å². The van der Waals surface area contributed by atoms with Crippen molar-refractivity contribution >= 4 is 22.6 Å². The molecule has 0 unspecified atom stereocenters. The highest BCUT2D eigenvalue weighted by Crippen LogP contribution is 2.22. The first-order valence-electron chi connectivity index (χ1n) is 10.1. The fraction of sp³-hybridized carbons (Fsp3) is 0.167. The summed E-state index contributed by atoms with van der Waals surface area (Å²) in [5.74, 6) is -0.621. The summed E-state index contributed by atoms with van der Waals surface area (Å²) in [7, 11) is 1.59. The topological polar surface area (TPSA) is 106 Å². The van der Waals surface area contributed by atoms with Crippen molar-refractivity contribution in [3.63, 3.8) is 0 Å². The van der Waals surface area contributed by atoms with Gasteiger partial charge in [0.1, 0.15) is 5.75 Å². The number of nitrogens with one attached hydrogen (secondary N) is 2. The van der Waals surface area contributed by atoms with E-state index in [9.17, 15) is 14.4 Å². The lowest BCUT2D eigenvalue weighted by molar-refractivity contribution is -0.117. The molecule has 0 fully saturated rings. The van der Waals surface area contributed by atoms with Gasteiger partial charge in [-0.05, 0) is 43.3 Å². The van der Waals surface area contributed by atoms with Crippen LogP contribution in [0.5, 0.6) is 5.75 Å². The summed E-state index contributed by atoms with van der Waals surface area (Å²) in [6.45, 7) is 1.98. The van der Waals surface area contributed by atoms with E-state index in [-0.39, 0.29) is 18.6 Å². The molecule has 4 aromatic rings. The number of Topliss-reactive ketones (excluding diaryl/α,β-unsaturated/α-hetero) is 1. The lowest BCUT2D eigenvalue weighted by atomic mass is 10.1. The molecule has 2 N–H and O–H groups in total. The molecule has 0 bridgehead atoms. The van der Waals surface area contributed by atoms with Crippen LogP contribution in [-0.2, 0) is 11.3 Å². The number of hydrogen-bond donors (Lipinski definition) is 2. The van der Waals surface area contributed by atoms with Crippen LogP contribution in [0.25, 0.3) is 22.2 Å². The summed E-state index contributed by atoms with van der Waals surface area (Å²) in [5, 5.41) is 7.66. The van der Waals surface area contributed by atoms with Crippen molar-refractivity contribution in [3.8, 4) is 17.0 Å². The summed E-state index contributed by atoms with van der Waals surface area (Å²) in [6, 6.07) is 17.7. The molecule has 0 radical (unpaired) electrons. The molecule has 0 atom stereocenters. The van der Waals surface area contributed by atoms with Crippen LogP contribution in [0.15, 0.2) is 65.5 Å². The third-order valence-corrected chi connectivity index (χ3v) is 5.19. The van der Waals surface area contributed by atoms with Gasteiger partial charge in [0.05, 0.1) is 24.9 Å². The van der Waals surface area contributed by atoms with Gasteiger partial charge in [-0.1, -0.05) is 18.2 Å². The lowest BCUT2D eigenvalue weighted by Gasteiger charge is -2.09. The second-order valence-electron chi connectivity index (χ2n) is 7.26. The minimum absolute atomic E-state index is 0.0882. The third-order valence-electron chi connectivity index (χ3n) is 5.19. The summed E-state index contributed by atoms with van der Waals surface area (Å²) in [4.78, 5) is 40.5. The normalized spacial score (nSPS) is 10.8. The van der Waals surface area contributed by atoms with Gasteiger partial charge in [0, 0.05) is 34.8 Å². The number of ketones is 1. The minimum Gasteiger partial charge on any atom is -0.497 e. The number of amides is 1. The molecule has 0 saturated heterocycles. The number of ether oxygens (including phenoxy) is 1. The molecule has 4 rings (SSSR count). The van der Waals surface area contributed by atoms with E-state index in [0.717, 1.165) is 16.8 Å². The number of methoxy groups -OCH3 is 1. The first kappa shape index (κ1) is 21.0. The number of carbonyl (C=O) groups excluding carboxylic acids is 2. The van der Waals surface area contributed by atoms with Gasteiger partial charge in [0.25, 0.3) is 17.2 Å². The first-order valence-corrected chi connectivity index (χ1v) is 10.1. The second-order valence-corrected chi connectivity index (χ2v) is 7.26. The molecule has 162 valence electrons. The number of aromatic nitrogens is 3. The van der Waals surface area contributed by atoms with Gasteiger partial charge < -0.3 is 15.0 Å². The molecule has 0 spiro atoms. The zero-order valence-electron chi connectivity index (χ0n) is 17.7. The van der Waals surface area contributed by atoms with E-state index in [4.69, 9.17) is 4.74 Å². The standard InChI is InChI=1S/C24H22N4O4/c1-15-22(18-5-3-4-6-20(18)26-15)23(30)24(31)25-13-14-28-21(29)12-11-19(27-28)16-7-9-17(32-2)10-8-16/h3-12,26H,13-14H2,1-2H3,(H,25,31). The molecule has 0 aliphatic rings. The molecular weight excluding hydrogens is 408 g/mol. The number of aryl methyl sites for hydroxylation is 1. The molecule has 2 aromatic carbocycles. The van der Waals surface area contributed by atoms with Crippen molar-refractivity contribution in [2.45, 2.75) is 13.5 Å². The highest BCUT2D eigenvalue weighted by molar-refractivity contribution is 6.45. The summed E-state index contributed by atoms with van der Waals surface area (Å²) >= 11 is 0. The molecule has 0 aliphatic heterocycles. The van der Waals surface area contributed by atoms with E-state index in [0.29, 0.717) is 22.3 Å². The highest BCUT2D eigenvalue weighted by Gasteiger charge is 2.22. The first-order chi connectivity index (χ1) is 15.5. The van der Waals surface area contributed by atoms with E-state index in [1.807, 2.05) is 42.5 Å². The van der Waals surface area contributed by atoms with Crippen LogP contribution in [-0.4, -0.2) is 40.1 Å². The van der Waals surface area contributed by atoms with Gasteiger partial charge >= 0.3 is 0 Å². The largest absolute Gasteiger partial charge is 0.497 e. The SMILES string of the molecule is COc1ccc(-c2ccc(=O)n(CCNC(=O)C(=O)c3c(C)[nH]c4ccccc34)n2)cc1. The predicted molar refractivity (Wildman–Crippen MR) is 121 cm³/mol. The number of benzene rings is 2. The monoisotopic (exact) mass is 430 g/mol. The van der Waals surface area contributed by atoms with Gasteiger partial charge in [0.2, 0.25) is 0 Å². The zero-order chi connectivity index (χ0) is 22.7. The highest BCUT2D eigenvalue weighted by atomic mass is 16.5. The lowest BCUT2D eigenvalue weighted by Crippen LogP contribution is -2.36. The van der Waals surface area contributed by atoms with Crippen LogP contribution in [0.2, 0.25) is 0 Å². The molecule has 32 heavy (non-hydrogen) atoms. The molecule has 2 aromatic heterocycles. The molecule has 2 heterocycles. The number of para-hydroxylation sites is 1. The van der Waals surface area contributed by atoms with Gasteiger partial charge in [0.15, 0.2) is 0 Å². The smallest absolute Gasteiger partial charge is 0.292 e. The number of aromatic amines is 1. The second kappa shape index (κ2) is 8.89. The molecule has 0 saturated carbocycles. The van der Waals surface area contributed by atoms with Gasteiger partial charge in [-0.25, -0.2) is 4.68 Å². The number of fused-ring (bicyclic) bond motifs is 1. The quantitative estimate of drug-likeness (QED) is 0.346. The van der Waals surface area contributed by atoms with Crippen LogP contribution in [0, 0.1) is 6.92 Å².